The van der Waals surface area contributed by atoms with Gasteiger partial charge in [0.05, 0.1) is 5.92 Å². The molecule has 0 heterocycles. The van der Waals surface area contributed by atoms with Crippen molar-refractivity contribution in [3.05, 3.63) is 12.2 Å². The quantitative estimate of drug-likeness (QED) is 0.489. The third kappa shape index (κ3) is 0.633. The topological polar surface area (TPSA) is 37.3 Å². The third-order valence-corrected chi connectivity index (χ3v) is 1.10. The Morgan fingerprint density at radius 2 is 2.43 bits per heavy atom. The van der Waals surface area contributed by atoms with Crippen LogP contribution in [0.2, 0.25) is 0 Å². The van der Waals surface area contributed by atoms with Gasteiger partial charge in [-0.3, -0.25) is 4.79 Å². The number of hydrogen-bond donors (Lipinski definition) is 1. The van der Waals surface area contributed by atoms with Gasteiger partial charge in [0.1, 0.15) is 0 Å². The van der Waals surface area contributed by atoms with Crippen molar-refractivity contribution in [2.24, 2.45) is 5.92 Å². The van der Waals surface area contributed by atoms with Gasteiger partial charge in [0.25, 0.3) is 0 Å². The van der Waals surface area contributed by atoms with Crippen molar-refractivity contribution in [3.8, 4) is 0 Å². The number of hydrogen-bond acceptors (Lipinski definition) is 1. The van der Waals surface area contributed by atoms with Crippen LogP contribution in [0.1, 0.15) is 6.42 Å². The summed E-state index contributed by atoms with van der Waals surface area (Å²) < 4.78 is 0. The lowest BCUT2D eigenvalue weighted by Gasteiger charge is -1.76. The highest BCUT2D eigenvalue weighted by Crippen LogP contribution is 2.35. The summed E-state index contributed by atoms with van der Waals surface area (Å²) in [7, 11) is 0. The second kappa shape index (κ2) is 1.09. The van der Waals surface area contributed by atoms with Crippen molar-refractivity contribution in [1.82, 2.24) is 0 Å². The predicted octanol–water partition coefficient (Wildman–Crippen LogP) is 0.647. The van der Waals surface area contributed by atoms with Crippen LogP contribution < -0.4 is 0 Å². The lowest BCUT2D eigenvalue weighted by atomic mass is 10.4. The van der Waals surface area contributed by atoms with Gasteiger partial charge >= 0.3 is 5.97 Å². The molecule has 1 N–H and O–H groups in total. The zero-order chi connectivity index (χ0) is 5.44. The van der Waals surface area contributed by atoms with Crippen molar-refractivity contribution in [3.63, 3.8) is 0 Å². The van der Waals surface area contributed by atoms with E-state index in [2.05, 4.69) is 6.58 Å². The maximum Gasteiger partial charge on any atom is 0.310 e. The molecule has 38 valence electrons. The molecule has 1 aliphatic carbocycles. The summed E-state index contributed by atoms with van der Waals surface area (Å²) >= 11 is 0. The molecular formula is C5H6O2. The lowest BCUT2D eigenvalue weighted by molar-refractivity contribution is -0.138. The van der Waals surface area contributed by atoms with Crippen molar-refractivity contribution in [2.75, 3.05) is 0 Å². The minimum atomic E-state index is -0.731. The van der Waals surface area contributed by atoms with Crippen LogP contribution in [0.3, 0.4) is 0 Å². The summed E-state index contributed by atoms with van der Waals surface area (Å²) in [6, 6.07) is 0. The molecule has 1 fully saturated rings. The molecule has 0 aromatic carbocycles. The van der Waals surface area contributed by atoms with E-state index < -0.39 is 5.97 Å². The van der Waals surface area contributed by atoms with E-state index in [1.165, 1.54) is 0 Å². The van der Waals surface area contributed by atoms with Gasteiger partial charge in [0.2, 0.25) is 0 Å². The van der Waals surface area contributed by atoms with E-state index in [9.17, 15) is 4.79 Å². The predicted molar refractivity (Wildman–Crippen MR) is 24.9 cm³/mol. The van der Waals surface area contributed by atoms with Crippen LogP contribution in [0.4, 0.5) is 0 Å². The van der Waals surface area contributed by atoms with Gasteiger partial charge in [-0.1, -0.05) is 12.2 Å². The monoisotopic (exact) mass is 98.0 g/mol. The summed E-state index contributed by atoms with van der Waals surface area (Å²) in [6.07, 6.45) is 0.690. The molecule has 0 aromatic heterocycles. The molecule has 0 bridgehead atoms. The summed E-state index contributed by atoms with van der Waals surface area (Å²) in [4.78, 5) is 9.91. The van der Waals surface area contributed by atoms with Crippen LogP contribution in [0, 0.1) is 5.92 Å². The average molecular weight is 98.1 g/mol. The minimum absolute atomic E-state index is 0.208. The highest BCUT2D eigenvalue weighted by atomic mass is 16.4. The van der Waals surface area contributed by atoms with E-state index >= 15 is 0 Å². The molecule has 1 unspecified atom stereocenters. The summed E-state index contributed by atoms with van der Waals surface area (Å²) in [5, 5.41) is 8.16. The Kier molecular flexibility index (Phi) is 0.680. The Bertz CT molecular complexity index is 126. The molecule has 2 heteroatoms. The maximum atomic E-state index is 9.91. The van der Waals surface area contributed by atoms with Gasteiger partial charge in [-0.15, -0.1) is 0 Å². The molecule has 0 spiro atoms. The normalized spacial score (nSPS) is 27.4. The van der Waals surface area contributed by atoms with Gasteiger partial charge in [0.15, 0.2) is 0 Å². The van der Waals surface area contributed by atoms with Gasteiger partial charge in [-0.25, -0.2) is 0 Å². The Labute approximate surface area is 41.5 Å². The molecule has 1 aliphatic rings. The van der Waals surface area contributed by atoms with Gasteiger partial charge in [0, 0.05) is 0 Å². The fraction of sp³-hybridized carbons (Fsp3) is 0.400. The Morgan fingerprint density at radius 1 is 2.00 bits per heavy atom. The standard InChI is InChI=1S/C5H6O2/c1-3-2-4(3)5(6)7/h4H,1-2H2,(H,6,7). The molecule has 0 saturated heterocycles. The fourth-order valence-electron chi connectivity index (χ4n) is 0.465. The summed E-state index contributed by atoms with van der Waals surface area (Å²) in [6.45, 7) is 3.49. The number of carbonyl (C=O) groups is 1. The largest absolute Gasteiger partial charge is 0.481 e. The maximum absolute atomic E-state index is 9.91. The first-order valence-corrected chi connectivity index (χ1v) is 2.12. The molecule has 0 aliphatic heterocycles. The van der Waals surface area contributed by atoms with Crippen LogP contribution in [0.15, 0.2) is 12.2 Å². The zero-order valence-electron chi connectivity index (χ0n) is 3.85. The zero-order valence-corrected chi connectivity index (χ0v) is 3.85. The van der Waals surface area contributed by atoms with Gasteiger partial charge in [-0.2, -0.15) is 0 Å². The van der Waals surface area contributed by atoms with Crippen LogP contribution in [0.25, 0.3) is 0 Å². The van der Waals surface area contributed by atoms with E-state index in [4.69, 9.17) is 5.11 Å². The van der Waals surface area contributed by atoms with E-state index in [1.54, 1.807) is 0 Å². The number of rotatable bonds is 1. The lowest BCUT2D eigenvalue weighted by Crippen LogP contribution is -1.95. The van der Waals surface area contributed by atoms with E-state index in [1.807, 2.05) is 0 Å². The third-order valence-electron chi connectivity index (χ3n) is 1.10. The minimum Gasteiger partial charge on any atom is -0.481 e. The number of carboxylic acid groups (broad SMARTS) is 1. The molecule has 1 rings (SSSR count). The first kappa shape index (κ1) is 4.37. The fourth-order valence-corrected chi connectivity index (χ4v) is 0.465. The SMILES string of the molecule is C=C1CC1C(=O)O. The Balaban J connectivity index is 2.48. The van der Waals surface area contributed by atoms with E-state index in [-0.39, 0.29) is 5.92 Å². The molecule has 1 saturated carbocycles. The van der Waals surface area contributed by atoms with Gasteiger partial charge in [-0.05, 0) is 6.42 Å². The van der Waals surface area contributed by atoms with E-state index in [0.29, 0.717) is 6.42 Å². The molecule has 0 amide bonds. The summed E-state index contributed by atoms with van der Waals surface area (Å²) in [5.41, 5.74) is 0.854. The number of aliphatic carboxylic acids is 1. The molecule has 0 aromatic rings. The smallest absolute Gasteiger partial charge is 0.310 e. The molecular weight excluding hydrogens is 92.1 g/mol. The highest BCUT2D eigenvalue weighted by Gasteiger charge is 2.34. The Hall–Kier alpha value is -0.790. The molecule has 7 heavy (non-hydrogen) atoms. The summed E-state index contributed by atoms with van der Waals surface area (Å²) in [5.74, 6) is -0.940. The highest BCUT2D eigenvalue weighted by molar-refractivity contribution is 5.78. The number of carboxylic acids is 1. The van der Waals surface area contributed by atoms with Crippen LogP contribution in [0.5, 0.6) is 0 Å². The molecule has 2 nitrogen and oxygen atoms in total. The van der Waals surface area contributed by atoms with Crippen molar-refractivity contribution in [1.29, 1.82) is 0 Å². The molecule has 1 atom stereocenters. The first-order valence-electron chi connectivity index (χ1n) is 2.12. The molecule has 0 radical (unpaired) electrons. The Morgan fingerprint density at radius 3 is 2.43 bits per heavy atom. The van der Waals surface area contributed by atoms with Crippen molar-refractivity contribution >= 4 is 5.97 Å². The first-order chi connectivity index (χ1) is 3.22. The second-order valence-electron chi connectivity index (χ2n) is 1.75. The van der Waals surface area contributed by atoms with Crippen molar-refractivity contribution in [2.45, 2.75) is 6.42 Å². The second-order valence-corrected chi connectivity index (χ2v) is 1.75. The van der Waals surface area contributed by atoms with Gasteiger partial charge < -0.3 is 5.11 Å². The van der Waals surface area contributed by atoms with Crippen LogP contribution in [-0.4, -0.2) is 11.1 Å². The van der Waals surface area contributed by atoms with Crippen LogP contribution >= 0.6 is 0 Å². The average Bonchev–Trinajstić information content (AvgIpc) is 2.17. The van der Waals surface area contributed by atoms with Crippen LogP contribution in [-0.2, 0) is 4.79 Å². The van der Waals surface area contributed by atoms with E-state index in [0.717, 1.165) is 5.57 Å². The van der Waals surface area contributed by atoms with Crippen molar-refractivity contribution < 1.29 is 9.90 Å².